The fraction of sp³-hybridized carbons (Fsp3) is 1.00. The van der Waals surface area contributed by atoms with E-state index < -0.39 is 0 Å². The summed E-state index contributed by atoms with van der Waals surface area (Å²) in [4.78, 5) is 2.13. The van der Waals surface area contributed by atoms with E-state index in [1.807, 2.05) is 14.1 Å². The summed E-state index contributed by atoms with van der Waals surface area (Å²) in [5, 5.41) is 0. The highest BCUT2D eigenvalue weighted by molar-refractivity contribution is 14.0. The Morgan fingerprint density at radius 3 is 2.08 bits per heavy atom. The zero-order valence-electron chi connectivity index (χ0n) is 7.95. The number of nitrogens with zero attached hydrogens (tertiary/aromatic N) is 1. The van der Waals surface area contributed by atoms with E-state index in [2.05, 4.69) is 11.8 Å². The van der Waals surface area contributed by atoms with Gasteiger partial charge in [-0.1, -0.05) is 6.92 Å². The first-order valence-corrected chi connectivity index (χ1v) is 4.13. The smallest absolute Gasteiger partial charge is 0.157 e. The second-order valence-electron chi connectivity index (χ2n) is 3.12. The van der Waals surface area contributed by atoms with Crippen molar-refractivity contribution in [3.05, 3.63) is 0 Å². The summed E-state index contributed by atoms with van der Waals surface area (Å²) in [7, 11) is 4.09. The first-order valence-electron chi connectivity index (χ1n) is 4.13. The molecule has 0 radical (unpaired) electrons. The van der Waals surface area contributed by atoms with E-state index in [1.54, 1.807) is 0 Å². The molecule has 1 heterocycles. The Morgan fingerprint density at radius 1 is 1.25 bits per heavy atom. The van der Waals surface area contributed by atoms with Gasteiger partial charge in [0.1, 0.15) is 0 Å². The highest BCUT2D eigenvalue weighted by atomic mass is 127. The summed E-state index contributed by atoms with van der Waals surface area (Å²) in [6, 6.07) is 0.429. The molecule has 0 atom stereocenters. The van der Waals surface area contributed by atoms with Crippen LogP contribution in [0.1, 0.15) is 13.3 Å². The van der Waals surface area contributed by atoms with Gasteiger partial charge in [-0.15, -0.1) is 24.0 Å². The number of hydrogen-bond donors (Lipinski definition) is 0. The molecule has 1 fully saturated rings. The molecule has 0 aromatic carbocycles. The van der Waals surface area contributed by atoms with E-state index in [-0.39, 0.29) is 30.3 Å². The predicted molar refractivity (Wildman–Crippen MR) is 58.9 cm³/mol. The molecular formula is C8H18INO2. The molecule has 0 amide bonds. The quantitative estimate of drug-likeness (QED) is 0.715. The Balaban J connectivity index is 0.00000121. The second-order valence-corrected chi connectivity index (χ2v) is 3.12. The molecule has 4 heteroatoms. The van der Waals surface area contributed by atoms with Crippen molar-refractivity contribution in [3.63, 3.8) is 0 Å². The van der Waals surface area contributed by atoms with Crippen molar-refractivity contribution in [2.75, 3.05) is 27.3 Å². The molecule has 0 N–H and O–H groups in total. The van der Waals surface area contributed by atoms with Gasteiger partial charge >= 0.3 is 0 Å². The summed E-state index contributed by atoms with van der Waals surface area (Å²) in [6.45, 7) is 3.66. The number of ether oxygens (including phenoxy) is 2. The van der Waals surface area contributed by atoms with Gasteiger partial charge in [0.25, 0.3) is 0 Å². The third-order valence-electron chi connectivity index (χ3n) is 2.01. The third-order valence-corrected chi connectivity index (χ3v) is 2.01. The minimum atomic E-state index is 0. The van der Waals surface area contributed by atoms with Gasteiger partial charge in [0.05, 0.1) is 19.3 Å². The highest BCUT2D eigenvalue weighted by Gasteiger charge is 2.21. The normalized spacial score (nSPS) is 30.0. The van der Waals surface area contributed by atoms with Gasteiger partial charge in [0.2, 0.25) is 0 Å². The molecule has 0 aromatic rings. The van der Waals surface area contributed by atoms with E-state index in [1.165, 1.54) is 0 Å². The minimum absolute atomic E-state index is 0. The Labute approximate surface area is 91.4 Å². The lowest BCUT2D eigenvalue weighted by atomic mass is 10.3. The van der Waals surface area contributed by atoms with Crippen LogP contribution >= 0.6 is 24.0 Å². The lowest BCUT2D eigenvalue weighted by molar-refractivity contribution is -0.201. The lowest BCUT2D eigenvalue weighted by Gasteiger charge is -2.32. The number of halogens is 1. The standard InChI is InChI=1S/C8H17NO2.HI/c1-4-8-10-5-7(6-11-8)9(2)3;/h7-8H,4-6H2,1-3H3;1H. The van der Waals surface area contributed by atoms with Crippen molar-refractivity contribution in [1.82, 2.24) is 4.90 Å². The Kier molecular flexibility index (Phi) is 6.43. The Morgan fingerprint density at radius 2 is 1.75 bits per heavy atom. The molecule has 1 rings (SSSR count). The molecule has 12 heavy (non-hydrogen) atoms. The lowest BCUT2D eigenvalue weighted by Crippen LogP contribution is -2.43. The first-order chi connectivity index (χ1) is 5.24. The van der Waals surface area contributed by atoms with Crippen LogP contribution in [0.4, 0.5) is 0 Å². The molecule has 0 aliphatic carbocycles. The van der Waals surface area contributed by atoms with E-state index in [9.17, 15) is 0 Å². The largest absolute Gasteiger partial charge is 0.351 e. The summed E-state index contributed by atoms with van der Waals surface area (Å²) in [5.74, 6) is 0. The molecule has 1 aliphatic rings. The van der Waals surface area contributed by atoms with Crippen LogP contribution in [0.2, 0.25) is 0 Å². The van der Waals surface area contributed by atoms with Crippen molar-refractivity contribution in [2.24, 2.45) is 0 Å². The van der Waals surface area contributed by atoms with Gasteiger partial charge in [-0.2, -0.15) is 0 Å². The van der Waals surface area contributed by atoms with Crippen LogP contribution in [0.25, 0.3) is 0 Å². The maximum Gasteiger partial charge on any atom is 0.157 e. The average molecular weight is 287 g/mol. The minimum Gasteiger partial charge on any atom is -0.351 e. The van der Waals surface area contributed by atoms with Gasteiger partial charge in [-0.3, -0.25) is 0 Å². The monoisotopic (exact) mass is 287 g/mol. The van der Waals surface area contributed by atoms with Crippen LogP contribution in [0, 0.1) is 0 Å². The van der Waals surface area contributed by atoms with Gasteiger partial charge in [0.15, 0.2) is 6.29 Å². The zero-order valence-corrected chi connectivity index (χ0v) is 10.3. The van der Waals surface area contributed by atoms with E-state index in [4.69, 9.17) is 9.47 Å². The van der Waals surface area contributed by atoms with Crippen molar-refractivity contribution in [3.8, 4) is 0 Å². The van der Waals surface area contributed by atoms with Gasteiger partial charge in [-0.25, -0.2) is 0 Å². The zero-order chi connectivity index (χ0) is 8.27. The topological polar surface area (TPSA) is 21.7 Å². The van der Waals surface area contributed by atoms with E-state index >= 15 is 0 Å². The molecule has 74 valence electrons. The van der Waals surface area contributed by atoms with Crippen LogP contribution in [-0.2, 0) is 9.47 Å². The molecule has 0 unspecified atom stereocenters. The summed E-state index contributed by atoms with van der Waals surface area (Å²) < 4.78 is 10.9. The fourth-order valence-corrected chi connectivity index (χ4v) is 1.07. The molecule has 0 spiro atoms. The van der Waals surface area contributed by atoms with Gasteiger partial charge in [-0.05, 0) is 20.5 Å². The molecule has 0 saturated carbocycles. The number of rotatable bonds is 2. The number of likely N-dealkylation sites (N-methyl/N-ethyl adjacent to an activating group) is 1. The first kappa shape index (κ1) is 12.6. The summed E-state index contributed by atoms with van der Waals surface area (Å²) >= 11 is 0. The summed E-state index contributed by atoms with van der Waals surface area (Å²) in [5.41, 5.74) is 0. The average Bonchev–Trinajstić information content (AvgIpc) is 2.05. The van der Waals surface area contributed by atoms with Crippen LogP contribution in [-0.4, -0.2) is 44.5 Å². The van der Waals surface area contributed by atoms with Crippen molar-refractivity contribution >= 4 is 24.0 Å². The summed E-state index contributed by atoms with van der Waals surface area (Å²) in [6.07, 6.45) is 0.978. The van der Waals surface area contributed by atoms with Gasteiger partial charge in [0, 0.05) is 0 Å². The predicted octanol–water partition coefficient (Wildman–Crippen LogP) is 1.32. The molecule has 1 aliphatic heterocycles. The van der Waals surface area contributed by atoms with Crippen LogP contribution in [0.15, 0.2) is 0 Å². The van der Waals surface area contributed by atoms with Crippen molar-refractivity contribution in [2.45, 2.75) is 25.7 Å². The molecule has 0 bridgehead atoms. The van der Waals surface area contributed by atoms with Crippen LogP contribution < -0.4 is 0 Å². The fourth-order valence-electron chi connectivity index (χ4n) is 1.07. The maximum absolute atomic E-state index is 5.44. The van der Waals surface area contributed by atoms with E-state index in [0.717, 1.165) is 19.6 Å². The third kappa shape index (κ3) is 3.55. The molecular weight excluding hydrogens is 269 g/mol. The second kappa shape index (κ2) is 6.12. The van der Waals surface area contributed by atoms with Crippen LogP contribution in [0.3, 0.4) is 0 Å². The molecule has 1 saturated heterocycles. The van der Waals surface area contributed by atoms with Crippen LogP contribution in [0.5, 0.6) is 0 Å². The number of hydrogen-bond acceptors (Lipinski definition) is 3. The molecule has 3 nitrogen and oxygen atoms in total. The Hall–Kier alpha value is 0.610. The molecule has 0 aromatic heterocycles. The highest BCUT2D eigenvalue weighted by Crippen LogP contribution is 2.10. The van der Waals surface area contributed by atoms with Crippen molar-refractivity contribution < 1.29 is 9.47 Å². The SMILES string of the molecule is CCC1OCC(N(C)C)CO1.I. The van der Waals surface area contributed by atoms with Crippen molar-refractivity contribution in [1.29, 1.82) is 0 Å². The Bertz CT molecular complexity index is 114. The van der Waals surface area contributed by atoms with E-state index in [0.29, 0.717) is 6.04 Å². The van der Waals surface area contributed by atoms with Gasteiger partial charge < -0.3 is 14.4 Å². The maximum atomic E-state index is 5.44.